The number of nitrogens with two attached hydrogens (primary N) is 1. The molecule has 0 unspecified atom stereocenters. The summed E-state index contributed by atoms with van der Waals surface area (Å²) in [6.07, 6.45) is 10.1. The summed E-state index contributed by atoms with van der Waals surface area (Å²) in [4.78, 5) is 11.2. The average molecular weight is 360 g/mol. The lowest BCUT2D eigenvalue weighted by atomic mass is 10.1. The number of esters is 1. The van der Waals surface area contributed by atoms with Crippen LogP contribution in [0.2, 0.25) is 0 Å². The summed E-state index contributed by atoms with van der Waals surface area (Å²) in [6, 6.07) is 18.3. The molecular weight excluding hydrogens is 336 g/mol. The van der Waals surface area contributed by atoms with Crippen LogP contribution in [0.25, 0.3) is 17.0 Å². The molecule has 0 fully saturated rings. The minimum Gasteiger partial charge on any atom is -0.466 e. The molecule has 4 heteroatoms. The molecule has 0 aliphatic heterocycles. The standard InChI is InChI=1S/C23H24N2O2/c1-27-23(26)14-13-20(24)16-19-17-25(22-12-6-5-11-21(19)22)15-7-10-18-8-3-2-4-9-18/h2-14,17,20H,15-16,24H2,1H3/t20-/m0/s1. The first-order valence-electron chi connectivity index (χ1n) is 8.97. The van der Waals surface area contributed by atoms with Crippen molar-refractivity contribution in [2.24, 2.45) is 5.73 Å². The summed E-state index contributed by atoms with van der Waals surface area (Å²) in [7, 11) is 1.36. The van der Waals surface area contributed by atoms with Gasteiger partial charge in [0.15, 0.2) is 0 Å². The van der Waals surface area contributed by atoms with Crippen LogP contribution in [0, 0.1) is 0 Å². The van der Waals surface area contributed by atoms with Gasteiger partial charge in [-0.15, -0.1) is 0 Å². The molecule has 3 rings (SSSR count). The largest absolute Gasteiger partial charge is 0.466 e. The number of methoxy groups -OCH3 is 1. The number of hydrogen-bond donors (Lipinski definition) is 1. The maximum absolute atomic E-state index is 11.2. The van der Waals surface area contributed by atoms with Crippen LogP contribution in [0.5, 0.6) is 0 Å². The molecule has 2 N–H and O–H groups in total. The van der Waals surface area contributed by atoms with Gasteiger partial charge in [0.25, 0.3) is 0 Å². The second-order valence-electron chi connectivity index (χ2n) is 6.39. The summed E-state index contributed by atoms with van der Waals surface area (Å²) in [5.41, 5.74) is 9.69. The van der Waals surface area contributed by atoms with Gasteiger partial charge >= 0.3 is 5.97 Å². The number of allylic oxidation sites excluding steroid dienone is 1. The third-order valence-electron chi connectivity index (χ3n) is 4.42. The zero-order valence-electron chi connectivity index (χ0n) is 15.4. The van der Waals surface area contributed by atoms with E-state index in [9.17, 15) is 4.79 Å². The molecule has 0 aliphatic carbocycles. The second-order valence-corrected chi connectivity index (χ2v) is 6.39. The highest BCUT2D eigenvalue weighted by atomic mass is 16.5. The number of ether oxygens (including phenoxy) is 1. The molecule has 4 nitrogen and oxygen atoms in total. The summed E-state index contributed by atoms with van der Waals surface area (Å²) in [5.74, 6) is -0.390. The Morgan fingerprint density at radius 1 is 1.15 bits per heavy atom. The topological polar surface area (TPSA) is 57.2 Å². The zero-order valence-corrected chi connectivity index (χ0v) is 15.4. The van der Waals surface area contributed by atoms with Crippen molar-refractivity contribution >= 4 is 22.9 Å². The number of carbonyl (C=O) groups excluding carboxylic acids is 1. The highest BCUT2D eigenvalue weighted by Crippen LogP contribution is 2.23. The lowest BCUT2D eigenvalue weighted by Crippen LogP contribution is -2.20. The maximum Gasteiger partial charge on any atom is 0.330 e. The molecular formula is C23H24N2O2. The van der Waals surface area contributed by atoms with E-state index in [1.165, 1.54) is 35.2 Å². The van der Waals surface area contributed by atoms with Crippen molar-refractivity contribution in [2.45, 2.75) is 19.0 Å². The van der Waals surface area contributed by atoms with E-state index in [1.807, 2.05) is 30.3 Å². The van der Waals surface area contributed by atoms with Gasteiger partial charge in [0, 0.05) is 35.8 Å². The Morgan fingerprint density at radius 3 is 2.67 bits per heavy atom. The maximum atomic E-state index is 11.2. The molecule has 0 saturated heterocycles. The van der Waals surface area contributed by atoms with Crippen molar-refractivity contribution in [3.8, 4) is 0 Å². The summed E-state index contributed by atoms with van der Waals surface area (Å²) < 4.78 is 6.84. The first-order chi connectivity index (χ1) is 13.2. The van der Waals surface area contributed by atoms with Crippen molar-refractivity contribution in [3.63, 3.8) is 0 Å². The zero-order chi connectivity index (χ0) is 19.1. The normalized spacial score (nSPS) is 12.8. The Hall–Kier alpha value is -3.11. The first-order valence-corrected chi connectivity index (χ1v) is 8.97. The van der Waals surface area contributed by atoms with Gasteiger partial charge in [-0.3, -0.25) is 0 Å². The summed E-state index contributed by atoms with van der Waals surface area (Å²) in [5, 5.41) is 1.19. The summed E-state index contributed by atoms with van der Waals surface area (Å²) >= 11 is 0. The van der Waals surface area contributed by atoms with E-state index < -0.39 is 0 Å². The van der Waals surface area contributed by atoms with Crippen LogP contribution in [-0.4, -0.2) is 23.7 Å². The highest BCUT2D eigenvalue weighted by molar-refractivity contribution is 5.84. The van der Waals surface area contributed by atoms with Crippen LogP contribution in [0.15, 0.2) is 79.0 Å². The molecule has 0 spiro atoms. The molecule has 1 aromatic heterocycles. The van der Waals surface area contributed by atoms with Crippen LogP contribution in [-0.2, 0) is 22.5 Å². The van der Waals surface area contributed by atoms with Crippen molar-refractivity contribution in [3.05, 3.63) is 90.1 Å². The van der Waals surface area contributed by atoms with Gasteiger partial charge in [-0.25, -0.2) is 4.79 Å². The number of fused-ring (bicyclic) bond motifs is 1. The summed E-state index contributed by atoms with van der Waals surface area (Å²) in [6.45, 7) is 0.780. The molecule has 0 aliphatic rings. The molecule has 0 saturated carbocycles. The fraction of sp³-hybridized carbons (Fsp3) is 0.174. The number of nitrogens with zero attached hydrogens (tertiary/aromatic N) is 1. The van der Waals surface area contributed by atoms with Crippen LogP contribution in [0.4, 0.5) is 0 Å². The van der Waals surface area contributed by atoms with Gasteiger partial charge in [0.05, 0.1) is 7.11 Å². The molecule has 0 radical (unpaired) electrons. The van der Waals surface area contributed by atoms with Crippen LogP contribution >= 0.6 is 0 Å². The van der Waals surface area contributed by atoms with Crippen LogP contribution < -0.4 is 5.73 Å². The number of hydrogen-bond acceptors (Lipinski definition) is 3. The SMILES string of the molecule is COC(=O)C=C[C@H](N)Cc1cn(CC=Cc2ccccc2)c2ccccc12. The van der Waals surface area contributed by atoms with Gasteiger partial charge in [-0.1, -0.05) is 66.8 Å². The lowest BCUT2D eigenvalue weighted by Gasteiger charge is -2.05. The average Bonchev–Trinajstić information content (AvgIpc) is 3.04. The van der Waals surface area contributed by atoms with E-state index in [4.69, 9.17) is 5.73 Å². The number of aromatic nitrogens is 1. The van der Waals surface area contributed by atoms with Gasteiger partial charge in [-0.2, -0.15) is 0 Å². The quantitative estimate of drug-likeness (QED) is 0.513. The Morgan fingerprint density at radius 2 is 1.89 bits per heavy atom. The monoisotopic (exact) mass is 360 g/mol. The fourth-order valence-corrected chi connectivity index (χ4v) is 3.10. The van der Waals surface area contributed by atoms with Crippen molar-refractivity contribution in [1.82, 2.24) is 4.57 Å². The molecule has 0 amide bonds. The van der Waals surface area contributed by atoms with E-state index in [-0.39, 0.29) is 12.0 Å². The number of benzene rings is 2. The molecule has 1 heterocycles. The molecule has 138 valence electrons. The van der Waals surface area contributed by atoms with Gasteiger partial charge in [-0.05, 0) is 23.6 Å². The molecule has 2 aromatic carbocycles. The Kier molecular flexibility index (Phi) is 6.23. The number of rotatable bonds is 7. The van der Waals surface area contributed by atoms with Crippen molar-refractivity contribution in [1.29, 1.82) is 0 Å². The van der Waals surface area contributed by atoms with Crippen LogP contribution in [0.1, 0.15) is 11.1 Å². The highest BCUT2D eigenvalue weighted by Gasteiger charge is 2.10. The number of para-hydroxylation sites is 1. The predicted octanol–water partition coefficient (Wildman–Crippen LogP) is 3.95. The molecule has 1 atom stereocenters. The van der Waals surface area contributed by atoms with Gasteiger partial charge < -0.3 is 15.0 Å². The third kappa shape index (κ3) is 4.96. The van der Waals surface area contributed by atoms with E-state index in [1.54, 1.807) is 6.08 Å². The first kappa shape index (κ1) is 18.7. The minimum atomic E-state index is -0.390. The van der Waals surface area contributed by atoms with Crippen molar-refractivity contribution < 1.29 is 9.53 Å². The Bertz CT molecular complexity index is 955. The fourth-order valence-electron chi connectivity index (χ4n) is 3.10. The van der Waals surface area contributed by atoms with E-state index in [2.05, 4.69) is 51.9 Å². The van der Waals surface area contributed by atoms with E-state index >= 15 is 0 Å². The van der Waals surface area contributed by atoms with E-state index in [0.29, 0.717) is 6.42 Å². The molecule has 27 heavy (non-hydrogen) atoms. The van der Waals surface area contributed by atoms with Gasteiger partial charge in [0.2, 0.25) is 0 Å². The predicted molar refractivity (Wildman–Crippen MR) is 110 cm³/mol. The van der Waals surface area contributed by atoms with E-state index in [0.717, 1.165) is 6.54 Å². The van der Waals surface area contributed by atoms with Crippen molar-refractivity contribution in [2.75, 3.05) is 7.11 Å². The second kappa shape index (κ2) is 9.01. The third-order valence-corrected chi connectivity index (χ3v) is 4.42. The molecule has 0 bridgehead atoms. The molecule has 3 aromatic rings. The Labute approximate surface area is 159 Å². The smallest absolute Gasteiger partial charge is 0.330 e. The lowest BCUT2D eigenvalue weighted by molar-refractivity contribution is -0.134. The Balaban J connectivity index is 1.78. The minimum absolute atomic E-state index is 0.247. The van der Waals surface area contributed by atoms with Crippen LogP contribution in [0.3, 0.4) is 0 Å². The number of carbonyl (C=O) groups is 1. The van der Waals surface area contributed by atoms with Gasteiger partial charge in [0.1, 0.15) is 0 Å².